The van der Waals surface area contributed by atoms with Gasteiger partial charge in [0.15, 0.2) is 0 Å². The minimum atomic E-state index is -4.91. The van der Waals surface area contributed by atoms with Crippen LogP contribution in [-0.4, -0.2) is 19.2 Å². The molecule has 0 aliphatic rings. The van der Waals surface area contributed by atoms with Crippen LogP contribution in [-0.2, 0) is 11.3 Å². The van der Waals surface area contributed by atoms with Gasteiger partial charge in [-0.25, -0.2) is 0 Å². The van der Waals surface area contributed by atoms with Crippen molar-refractivity contribution in [3.8, 4) is 5.75 Å². The summed E-state index contributed by atoms with van der Waals surface area (Å²) in [5, 5.41) is 5.04. The van der Waals surface area contributed by atoms with Crippen LogP contribution in [0.3, 0.4) is 0 Å². The first-order valence-corrected chi connectivity index (χ1v) is 7.15. The highest BCUT2D eigenvalue weighted by Gasteiger charge is 2.38. The van der Waals surface area contributed by atoms with Gasteiger partial charge in [-0.05, 0) is 48.4 Å². The molecular weight excluding hydrogens is 321 g/mol. The average Bonchev–Trinajstić information content (AvgIpc) is 2.53. The molecule has 0 unspecified atom stereocenters. The minimum Gasteiger partial charge on any atom is -0.497 e. The Bertz CT molecular complexity index is 730. The number of hydrogen-bond donors (Lipinski definition) is 2. The van der Waals surface area contributed by atoms with Crippen LogP contribution in [0, 0.1) is 6.92 Å². The predicted molar refractivity (Wildman–Crippen MR) is 86.2 cm³/mol. The molecule has 1 amide bonds. The highest BCUT2D eigenvalue weighted by Crippen LogP contribution is 2.22. The molecule has 0 heterocycles. The summed E-state index contributed by atoms with van der Waals surface area (Å²) in [4.78, 5) is 11.0. The molecule has 2 N–H and O–H groups in total. The molecule has 128 valence electrons. The van der Waals surface area contributed by atoms with E-state index in [9.17, 15) is 18.0 Å². The molecule has 0 spiro atoms. The summed E-state index contributed by atoms with van der Waals surface area (Å²) in [6, 6.07) is 11.8. The zero-order valence-electron chi connectivity index (χ0n) is 13.2. The fourth-order valence-corrected chi connectivity index (χ4v) is 2.12. The van der Waals surface area contributed by atoms with Gasteiger partial charge < -0.3 is 15.4 Å². The van der Waals surface area contributed by atoms with Gasteiger partial charge in [0.2, 0.25) is 0 Å². The molecule has 0 fully saturated rings. The maximum Gasteiger partial charge on any atom is 0.471 e. The monoisotopic (exact) mass is 338 g/mol. The Labute approximate surface area is 137 Å². The van der Waals surface area contributed by atoms with Crippen LogP contribution in [0.2, 0.25) is 0 Å². The Balaban J connectivity index is 2.03. The second-order valence-electron chi connectivity index (χ2n) is 5.19. The normalized spacial score (nSPS) is 11.0. The summed E-state index contributed by atoms with van der Waals surface area (Å²) in [6.07, 6.45) is -4.91. The van der Waals surface area contributed by atoms with Crippen LogP contribution in [0.5, 0.6) is 5.75 Å². The molecule has 2 aromatic carbocycles. The molecule has 4 nitrogen and oxygen atoms in total. The Kier molecular flexibility index (Phi) is 5.33. The molecule has 0 aromatic heterocycles. The van der Waals surface area contributed by atoms with Gasteiger partial charge in [0.1, 0.15) is 5.75 Å². The number of anilines is 2. The van der Waals surface area contributed by atoms with Gasteiger partial charge >= 0.3 is 12.1 Å². The maximum atomic E-state index is 12.3. The molecule has 2 rings (SSSR count). The van der Waals surface area contributed by atoms with Crippen LogP contribution >= 0.6 is 0 Å². The summed E-state index contributed by atoms with van der Waals surface area (Å²) in [6.45, 7) is 2.33. The Morgan fingerprint density at radius 2 is 1.92 bits per heavy atom. The van der Waals surface area contributed by atoms with Gasteiger partial charge in [-0.3, -0.25) is 4.79 Å². The smallest absolute Gasteiger partial charge is 0.471 e. The molecule has 0 aliphatic carbocycles. The summed E-state index contributed by atoms with van der Waals surface area (Å²) < 4.78 is 42.0. The first kappa shape index (κ1) is 17.7. The second-order valence-corrected chi connectivity index (χ2v) is 5.19. The zero-order valence-corrected chi connectivity index (χ0v) is 13.2. The number of halogens is 3. The van der Waals surface area contributed by atoms with E-state index in [0.717, 1.165) is 22.6 Å². The molecule has 24 heavy (non-hydrogen) atoms. The van der Waals surface area contributed by atoms with Crippen LogP contribution in [0.4, 0.5) is 24.5 Å². The van der Waals surface area contributed by atoms with Crippen LogP contribution in [0.15, 0.2) is 42.5 Å². The van der Waals surface area contributed by atoms with Crippen molar-refractivity contribution < 1.29 is 22.7 Å². The average molecular weight is 338 g/mol. The lowest BCUT2D eigenvalue weighted by atomic mass is 10.1. The van der Waals surface area contributed by atoms with Gasteiger partial charge in [0.25, 0.3) is 0 Å². The molecule has 2 aromatic rings. The Morgan fingerprint density at radius 3 is 2.54 bits per heavy atom. The minimum absolute atomic E-state index is 0.100. The molecule has 0 atom stereocenters. The van der Waals surface area contributed by atoms with Crippen molar-refractivity contribution in [1.82, 2.24) is 0 Å². The lowest BCUT2D eigenvalue weighted by molar-refractivity contribution is -0.167. The second kappa shape index (κ2) is 7.25. The van der Waals surface area contributed by atoms with E-state index < -0.39 is 12.1 Å². The summed E-state index contributed by atoms with van der Waals surface area (Å²) in [5.74, 6) is -1.24. The van der Waals surface area contributed by atoms with E-state index in [4.69, 9.17) is 4.74 Å². The zero-order chi connectivity index (χ0) is 17.7. The number of carbonyl (C=O) groups is 1. The number of alkyl halides is 3. The summed E-state index contributed by atoms with van der Waals surface area (Å²) in [5.41, 5.74) is 2.71. The van der Waals surface area contributed by atoms with E-state index >= 15 is 0 Å². The highest BCUT2D eigenvalue weighted by molar-refractivity contribution is 5.94. The third-order valence-corrected chi connectivity index (χ3v) is 3.36. The highest BCUT2D eigenvalue weighted by atomic mass is 19.4. The maximum absolute atomic E-state index is 12.3. The van der Waals surface area contributed by atoms with E-state index in [1.54, 1.807) is 19.2 Å². The van der Waals surface area contributed by atoms with Crippen molar-refractivity contribution in [3.05, 3.63) is 53.6 Å². The number of ether oxygens (including phenoxy) is 1. The van der Waals surface area contributed by atoms with E-state index in [1.807, 2.05) is 30.4 Å². The van der Waals surface area contributed by atoms with E-state index in [1.165, 1.54) is 12.1 Å². The number of benzene rings is 2. The van der Waals surface area contributed by atoms with Crippen molar-refractivity contribution in [2.75, 3.05) is 17.7 Å². The van der Waals surface area contributed by atoms with E-state index in [0.29, 0.717) is 6.54 Å². The molecule has 0 aliphatic heterocycles. The first-order valence-electron chi connectivity index (χ1n) is 7.15. The summed E-state index contributed by atoms with van der Waals surface area (Å²) >= 11 is 0. The Hall–Kier alpha value is -2.70. The van der Waals surface area contributed by atoms with E-state index in [-0.39, 0.29) is 5.69 Å². The first-order chi connectivity index (χ1) is 11.3. The quantitative estimate of drug-likeness (QED) is 0.862. The van der Waals surface area contributed by atoms with Crippen LogP contribution < -0.4 is 15.4 Å². The van der Waals surface area contributed by atoms with Gasteiger partial charge in [-0.1, -0.05) is 12.1 Å². The lowest BCUT2D eigenvalue weighted by Crippen LogP contribution is -2.29. The third-order valence-electron chi connectivity index (χ3n) is 3.36. The molecule has 0 saturated carbocycles. The molecule has 0 radical (unpaired) electrons. The van der Waals surface area contributed by atoms with Gasteiger partial charge in [-0.15, -0.1) is 0 Å². The fraction of sp³-hybridized carbons (Fsp3) is 0.235. The molecular formula is C17H17F3N2O2. The predicted octanol–water partition coefficient (Wildman–Crippen LogP) is 4.12. The van der Waals surface area contributed by atoms with Crippen molar-refractivity contribution in [3.63, 3.8) is 0 Å². The number of hydrogen-bond acceptors (Lipinski definition) is 3. The largest absolute Gasteiger partial charge is 0.497 e. The number of methoxy groups -OCH3 is 1. The Morgan fingerprint density at radius 1 is 1.17 bits per heavy atom. The number of nitrogens with one attached hydrogen (secondary N) is 2. The molecule has 0 saturated heterocycles. The molecule has 7 heteroatoms. The molecule has 0 bridgehead atoms. The van der Waals surface area contributed by atoms with Crippen molar-refractivity contribution in [2.45, 2.75) is 19.6 Å². The van der Waals surface area contributed by atoms with Gasteiger partial charge in [-0.2, -0.15) is 13.2 Å². The van der Waals surface area contributed by atoms with Crippen LogP contribution in [0.1, 0.15) is 11.1 Å². The van der Waals surface area contributed by atoms with E-state index in [2.05, 4.69) is 5.32 Å². The van der Waals surface area contributed by atoms with Gasteiger partial charge in [0, 0.05) is 17.9 Å². The van der Waals surface area contributed by atoms with Crippen molar-refractivity contribution >= 4 is 17.3 Å². The lowest BCUT2D eigenvalue weighted by Gasteiger charge is -2.12. The third kappa shape index (κ3) is 4.65. The number of aryl methyl sites for hydroxylation is 1. The standard InChI is InChI=1S/C17H17F3N2O2/c1-11-8-14(24-2)6-7-15(11)21-10-12-4-3-5-13(9-12)22-16(23)17(18,19)20/h3-9,21H,10H2,1-2H3,(H,22,23). The number of rotatable bonds is 5. The summed E-state index contributed by atoms with van der Waals surface area (Å²) in [7, 11) is 1.59. The van der Waals surface area contributed by atoms with Crippen molar-refractivity contribution in [2.24, 2.45) is 0 Å². The fourth-order valence-electron chi connectivity index (χ4n) is 2.12. The van der Waals surface area contributed by atoms with Crippen molar-refractivity contribution in [1.29, 1.82) is 0 Å². The van der Waals surface area contributed by atoms with Gasteiger partial charge in [0.05, 0.1) is 7.11 Å². The number of amides is 1. The number of carbonyl (C=O) groups excluding carboxylic acids is 1. The topological polar surface area (TPSA) is 50.4 Å². The van der Waals surface area contributed by atoms with Crippen LogP contribution in [0.25, 0.3) is 0 Å². The SMILES string of the molecule is COc1ccc(NCc2cccc(NC(=O)C(F)(F)F)c2)c(C)c1.